The third kappa shape index (κ3) is 3.15. The molecule has 0 aliphatic rings. The number of carbonyl (C=O) groups is 1. The maximum absolute atomic E-state index is 10.9. The molecule has 0 amide bonds. The minimum absolute atomic E-state index is 0.0209. The van der Waals surface area contributed by atoms with Gasteiger partial charge < -0.3 is 20.6 Å². The largest absolute Gasteiger partial charge is 0.477 e. The Hall–Kier alpha value is -2.19. The molecule has 0 aromatic heterocycles. The van der Waals surface area contributed by atoms with Crippen molar-refractivity contribution in [3.8, 4) is 0 Å². The summed E-state index contributed by atoms with van der Waals surface area (Å²) < 4.78 is 0. The van der Waals surface area contributed by atoms with E-state index in [1.807, 2.05) is 0 Å². The number of aliphatic hydroxyl groups is 2. The number of anilines is 1. The van der Waals surface area contributed by atoms with Crippen molar-refractivity contribution in [2.45, 2.75) is 6.10 Å². The molecule has 0 saturated heterocycles. The van der Waals surface area contributed by atoms with E-state index < -0.39 is 34.9 Å². The molecule has 1 aromatic rings. The Kier molecular flexibility index (Phi) is 4.58. The van der Waals surface area contributed by atoms with E-state index in [1.54, 1.807) is 0 Å². The molecule has 0 spiro atoms. The Bertz CT molecular complexity index is 462. The van der Waals surface area contributed by atoms with E-state index in [0.29, 0.717) is 0 Å². The topological polar surface area (TPSA) is 133 Å². The first-order chi connectivity index (χ1) is 8.47. The molecular weight excluding hydrogens is 244 g/mol. The van der Waals surface area contributed by atoms with Gasteiger partial charge in [-0.25, -0.2) is 4.79 Å². The lowest BCUT2D eigenvalue weighted by Gasteiger charge is -2.11. The zero-order chi connectivity index (χ0) is 13.7. The van der Waals surface area contributed by atoms with Gasteiger partial charge in [-0.05, 0) is 12.1 Å². The molecule has 0 radical (unpaired) electrons. The number of nitrogens with one attached hydrogen (secondary N) is 1. The number of nitro groups is 1. The molecule has 18 heavy (non-hydrogen) atoms. The molecule has 0 aliphatic carbocycles. The van der Waals surface area contributed by atoms with Crippen molar-refractivity contribution < 1.29 is 25.0 Å². The molecule has 0 fully saturated rings. The molecule has 0 aliphatic heterocycles. The standard InChI is InChI=1S/C10H12N2O6/c13-5-6(14)4-11-8-3-1-2-7(10(15)16)9(8)12(17)18/h1-3,6,11,13-14H,4-5H2,(H,15,16). The first kappa shape index (κ1) is 13.9. The van der Waals surface area contributed by atoms with E-state index in [9.17, 15) is 14.9 Å². The van der Waals surface area contributed by atoms with Gasteiger partial charge in [-0.1, -0.05) is 6.07 Å². The zero-order valence-electron chi connectivity index (χ0n) is 9.24. The molecule has 98 valence electrons. The highest BCUT2D eigenvalue weighted by molar-refractivity contribution is 5.95. The van der Waals surface area contributed by atoms with Crippen LogP contribution in [-0.4, -0.2) is 45.5 Å². The summed E-state index contributed by atoms with van der Waals surface area (Å²) >= 11 is 0. The van der Waals surface area contributed by atoms with Crippen LogP contribution in [0.4, 0.5) is 11.4 Å². The maximum atomic E-state index is 10.9. The summed E-state index contributed by atoms with van der Waals surface area (Å²) in [5.74, 6) is -1.41. The van der Waals surface area contributed by atoms with E-state index in [4.69, 9.17) is 15.3 Å². The molecule has 0 heterocycles. The van der Waals surface area contributed by atoms with E-state index >= 15 is 0 Å². The summed E-state index contributed by atoms with van der Waals surface area (Å²) in [4.78, 5) is 20.9. The fraction of sp³-hybridized carbons (Fsp3) is 0.300. The van der Waals surface area contributed by atoms with Gasteiger partial charge in [0.25, 0.3) is 0 Å². The predicted octanol–water partition coefficient (Wildman–Crippen LogP) is 0.0581. The summed E-state index contributed by atoms with van der Waals surface area (Å²) in [6.45, 7) is -0.625. The number of rotatable bonds is 6. The van der Waals surface area contributed by atoms with Crippen molar-refractivity contribution in [3.63, 3.8) is 0 Å². The number of nitro benzene ring substituents is 1. The highest BCUT2D eigenvalue weighted by Crippen LogP contribution is 2.28. The van der Waals surface area contributed by atoms with Crippen molar-refractivity contribution in [3.05, 3.63) is 33.9 Å². The number of nitrogens with zero attached hydrogens (tertiary/aromatic N) is 1. The summed E-state index contributed by atoms with van der Waals surface area (Å²) in [5.41, 5.74) is -1.04. The second kappa shape index (κ2) is 5.94. The molecule has 1 unspecified atom stereocenters. The van der Waals surface area contributed by atoms with E-state index in [0.717, 1.165) is 6.07 Å². The lowest BCUT2D eigenvalue weighted by atomic mass is 10.1. The van der Waals surface area contributed by atoms with Gasteiger partial charge in [-0.2, -0.15) is 0 Å². The van der Waals surface area contributed by atoms with E-state index in [2.05, 4.69) is 5.32 Å². The van der Waals surface area contributed by atoms with Crippen LogP contribution in [0.1, 0.15) is 10.4 Å². The summed E-state index contributed by atoms with van der Waals surface area (Å²) in [6, 6.07) is 3.80. The number of benzene rings is 1. The van der Waals surface area contributed by atoms with Crippen LogP contribution in [0, 0.1) is 10.1 Å². The number of para-hydroxylation sites is 1. The van der Waals surface area contributed by atoms with Crippen LogP contribution in [0.5, 0.6) is 0 Å². The molecule has 0 bridgehead atoms. The Balaban J connectivity index is 3.07. The van der Waals surface area contributed by atoms with Crippen LogP contribution in [0.2, 0.25) is 0 Å². The zero-order valence-corrected chi connectivity index (χ0v) is 9.24. The first-order valence-corrected chi connectivity index (χ1v) is 5.00. The lowest BCUT2D eigenvalue weighted by molar-refractivity contribution is -0.384. The molecule has 8 nitrogen and oxygen atoms in total. The Labute approximate surface area is 102 Å². The van der Waals surface area contributed by atoms with Gasteiger partial charge in [0, 0.05) is 6.54 Å². The molecule has 0 saturated carbocycles. The Morgan fingerprint density at radius 2 is 2.17 bits per heavy atom. The minimum Gasteiger partial charge on any atom is -0.477 e. The average Bonchev–Trinajstić information content (AvgIpc) is 2.34. The third-order valence-electron chi connectivity index (χ3n) is 2.19. The van der Waals surface area contributed by atoms with Gasteiger partial charge in [0.05, 0.1) is 17.6 Å². The second-order valence-electron chi connectivity index (χ2n) is 3.48. The van der Waals surface area contributed by atoms with Crippen molar-refractivity contribution in [2.75, 3.05) is 18.5 Å². The van der Waals surface area contributed by atoms with Crippen LogP contribution < -0.4 is 5.32 Å². The van der Waals surface area contributed by atoms with E-state index in [1.165, 1.54) is 12.1 Å². The summed E-state index contributed by atoms with van der Waals surface area (Å²) in [7, 11) is 0. The van der Waals surface area contributed by atoms with Crippen molar-refractivity contribution in [1.29, 1.82) is 0 Å². The molecule has 1 atom stereocenters. The monoisotopic (exact) mass is 256 g/mol. The Morgan fingerprint density at radius 1 is 1.50 bits per heavy atom. The van der Waals surface area contributed by atoms with Crippen LogP contribution >= 0.6 is 0 Å². The van der Waals surface area contributed by atoms with Gasteiger partial charge in [0.15, 0.2) is 0 Å². The number of hydrogen-bond donors (Lipinski definition) is 4. The fourth-order valence-corrected chi connectivity index (χ4v) is 1.35. The molecule has 1 rings (SSSR count). The van der Waals surface area contributed by atoms with Gasteiger partial charge in [0.1, 0.15) is 11.3 Å². The van der Waals surface area contributed by atoms with Crippen LogP contribution in [-0.2, 0) is 0 Å². The first-order valence-electron chi connectivity index (χ1n) is 5.00. The maximum Gasteiger partial charge on any atom is 0.342 e. The number of carboxylic acid groups (broad SMARTS) is 1. The molecule has 4 N–H and O–H groups in total. The van der Waals surface area contributed by atoms with Crippen LogP contribution in [0.15, 0.2) is 18.2 Å². The van der Waals surface area contributed by atoms with Crippen molar-refractivity contribution in [2.24, 2.45) is 0 Å². The van der Waals surface area contributed by atoms with Gasteiger partial charge in [-0.15, -0.1) is 0 Å². The smallest absolute Gasteiger partial charge is 0.342 e. The second-order valence-corrected chi connectivity index (χ2v) is 3.48. The number of hydrogen-bond acceptors (Lipinski definition) is 6. The van der Waals surface area contributed by atoms with Crippen molar-refractivity contribution in [1.82, 2.24) is 0 Å². The highest BCUT2D eigenvalue weighted by atomic mass is 16.6. The normalized spacial score (nSPS) is 11.9. The van der Waals surface area contributed by atoms with Gasteiger partial charge in [0.2, 0.25) is 0 Å². The fourth-order valence-electron chi connectivity index (χ4n) is 1.35. The molecular formula is C10H12N2O6. The average molecular weight is 256 g/mol. The molecule has 8 heteroatoms. The number of carboxylic acids is 1. The molecule has 1 aromatic carbocycles. The number of aliphatic hydroxyl groups excluding tert-OH is 2. The minimum atomic E-state index is -1.41. The number of aromatic carboxylic acids is 1. The van der Waals surface area contributed by atoms with E-state index in [-0.39, 0.29) is 12.2 Å². The quantitative estimate of drug-likeness (QED) is 0.417. The SMILES string of the molecule is O=C(O)c1cccc(NCC(O)CO)c1[N+](=O)[O-]. The third-order valence-corrected chi connectivity index (χ3v) is 2.19. The lowest BCUT2D eigenvalue weighted by Crippen LogP contribution is -2.23. The summed E-state index contributed by atoms with van der Waals surface area (Å²) in [5, 5.41) is 40.0. The Morgan fingerprint density at radius 3 is 2.67 bits per heavy atom. The van der Waals surface area contributed by atoms with Crippen molar-refractivity contribution >= 4 is 17.3 Å². The summed E-state index contributed by atoms with van der Waals surface area (Å²) in [6.07, 6.45) is -1.09. The predicted molar refractivity (Wildman–Crippen MR) is 61.6 cm³/mol. The van der Waals surface area contributed by atoms with Crippen LogP contribution in [0.3, 0.4) is 0 Å². The van der Waals surface area contributed by atoms with Gasteiger partial charge >= 0.3 is 11.7 Å². The van der Waals surface area contributed by atoms with Gasteiger partial charge in [-0.3, -0.25) is 10.1 Å². The highest BCUT2D eigenvalue weighted by Gasteiger charge is 2.24. The van der Waals surface area contributed by atoms with Crippen LogP contribution in [0.25, 0.3) is 0 Å².